The minimum absolute atomic E-state index is 0. The van der Waals surface area contributed by atoms with Crippen molar-refractivity contribution in [1.29, 1.82) is 0 Å². The van der Waals surface area contributed by atoms with Gasteiger partial charge < -0.3 is 30.0 Å². The zero-order valence-corrected chi connectivity index (χ0v) is 12.9. The molecule has 0 aliphatic rings. The molecular formula is C12H20O6Ti. The molecule has 0 saturated carbocycles. The molecule has 7 heteroatoms. The average molecular weight is 308 g/mol. The van der Waals surface area contributed by atoms with Crippen molar-refractivity contribution in [2.24, 2.45) is 0 Å². The van der Waals surface area contributed by atoms with E-state index in [0.717, 1.165) is 25.0 Å². The number of hydrogen-bond acceptors (Lipinski definition) is 6. The predicted octanol–water partition coefficient (Wildman–Crippen LogP) is -2.64. The summed E-state index contributed by atoms with van der Waals surface area (Å²) in [4.78, 5) is 18.3. The Morgan fingerprint density at radius 1 is 0.895 bits per heavy atom. The third-order valence-electron chi connectivity index (χ3n) is 0.742. The van der Waals surface area contributed by atoms with Crippen molar-refractivity contribution >= 4 is 11.9 Å². The maximum atomic E-state index is 9.30. The number of carbonyl (C=O) groups excluding carboxylic acids is 2. The number of hydrogen-bond donors (Lipinski definition) is 0. The van der Waals surface area contributed by atoms with E-state index >= 15 is 0 Å². The van der Waals surface area contributed by atoms with Crippen molar-refractivity contribution in [1.82, 2.24) is 0 Å². The fourth-order valence-corrected chi connectivity index (χ4v) is 0. The Morgan fingerprint density at radius 3 is 1.00 bits per heavy atom. The standard InChI is InChI=1S/2C3H4O2.2C3H7O.Ti/c2*1-2-3(4)5;2*1-2-3-4;/h2*2H,1H2,(H,4,5);2*2-3H2,1H3;/q;;2*-1;+4/p-2. The van der Waals surface area contributed by atoms with E-state index in [1.165, 1.54) is 0 Å². The van der Waals surface area contributed by atoms with Crippen molar-refractivity contribution in [2.75, 3.05) is 13.2 Å². The van der Waals surface area contributed by atoms with Crippen LogP contribution in [0.1, 0.15) is 26.7 Å². The summed E-state index contributed by atoms with van der Waals surface area (Å²) in [6.45, 7) is 9.67. The zero-order valence-electron chi connectivity index (χ0n) is 11.3. The SMILES string of the molecule is C=CC(=O)[O-].C=CC(=O)[O-].CCC[O-].CCC[O-].[Ti+4]. The van der Waals surface area contributed by atoms with Crippen LogP contribution in [0.4, 0.5) is 0 Å². The second-order valence-corrected chi connectivity index (χ2v) is 2.45. The molecule has 0 aromatic carbocycles. The van der Waals surface area contributed by atoms with Gasteiger partial charge in [0.05, 0.1) is 11.9 Å². The topological polar surface area (TPSA) is 126 Å². The van der Waals surface area contributed by atoms with Crippen molar-refractivity contribution in [3.8, 4) is 0 Å². The van der Waals surface area contributed by atoms with Crippen LogP contribution in [0.3, 0.4) is 0 Å². The van der Waals surface area contributed by atoms with E-state index in [4.69, 9.17) is 19.8 Å². The minimum Gasteiger partial charge on any atom is -0.854 e. The summed E-state index contributed by atoms with van der Waals surface area (Å²) in [7, 11) is 0. The molecule has 0 heterocycles. The molecule has 0 spiro atoms. The molecule has 6 nitrogen and oxygen atoms in total. The number of carbonyl (C=O) groups is 2. The third kappa shape index (κ3) is 151. The Labute approximate surface area is 129 Å². The van der Waals surface area contributed by atoms with Gasteiger partial charge >= 0.3 is 21.7 Å². The summed E-state index contributed by atoms with van der Waals surface area (Å²) in [6, 6.07) is 0. The van der Waals surface area contributed by atoms with Gasteiger partial charge in [-0.15, -0.1) is 13.2 Å². The molecular weight excluding hydrogens is 288 g/mol. The molecule has 0 atom stereocenters. The number of aliphatic carboxylic acids is 2. The quantitative estimate of drug-likeness (QED) is 0.412. The third-order valence-corrected chi connectivity index (χ3v) is 0.742. The molecule has 0 aromatic rings. The Hall–Kier alpha value is -0.946. The van der Waals surface area contributed by atoms with Gasteiger partial charge in [-0.25, -0.2) is 0 Å². The number of carboxylic acids is 2. The van der Waals surface area contributed by atoms with Crippen molar-refractivity contribution in [3.05, 3.63) is 25.3 Å². The Balaban J connectivity index is -0.0000000453. The minimum atomic E-state index is -1.23. The van der Waals surface area contributed by atoms with Gasteiger partial charge in [0.15, 0.2) is 0 Å². The van der Waals surface area contributed by atoms with E-state index in [1.807, 2.05) is 13.8 Å². The van der Waals surface area contributed by atoms with Crippen LogP contribution < -0.4 is 20.4 Å². The van der Waals surface area contributed by atoms with Crippen molar-refractivity contribution in [2.45, 2.75) is 26.7 Å². The van der Waals surface area contributed by atoms with E-state index in [-0.39, 0.29) is 34.9 Å². The largest absolute Gasteiger partial charge is 4.00 e. The number of rotatable bonds is 4. The van der Waals surface area contributed by atoms with E-state index in [1.54, 1.807) is 0 Å². The van der Waals surface area contributed by atoms with Crippen LogP contribution in [-0.2, 0) is 31.3 Å². The summed E-state index contributed by atoms with van der Waals surface area (Å²) in [6.07, 6.45) is 2.97. The van der Waals surface area contributed by atoms with E-state index in [0.29, 0.717) is 0 Å². The normalized spacial score (nSPS) is 6.53. The molecule has 0 N–H and O–H groups in total. The first-order chi connectivity index (χ1) is 8.37. The number of carboxylic acid groups (broad SMARTS) is 2. The van der Waals surface area contributed by atoms with Crippen LogP contribution in [-0.4, -0.2) is 25.2 Å². The fraction of sp³-hybridized carbons (Fsp3) is 0.500. The van der Waals surface area contributed by atoms with Crippen LogP contribution in [0, 0.1) is 0 Å². The monoisotopic (exact) mass is 308 g/mol. The van der Waals surface area contributed by atoms with Gasteiger partial charge in [-0.3, -0.25) is 0 Å². The molecule has 108 valence electrons. The first-order valence-electron chi connectivity index (χ1n) is 5.20. The van der Waals surface area contributed by atoms with E-state index in [2.05, 4.69) is 13.2 Å². The van der Waals surface area contributed by atoms with Gasteiger partial charge in [0, 0.05) is 0 Å². The Morgan fingerprint density at radius 2 is 1.00 bits per heavy atom. The second-order valence-electron chi connectivity index (χ2n) is 2.45. The van der Waals surface area contributed by atoms with E-state index < -0.39 is 11.9 Å². The van der Waals surface area contributed by atoms with Gasteiger partial charge in [-0.2, -0.15) is 0 Å². The van der Waals surface area contributed by atoms with Crippen molar-refractivity contribution < 1.29 is 51.7 Å². The molecule has 19 heavy (non-hydrogen) atoms. The van der Waals surface area contributed by atoms with Gasteiger partial charge in [-0.1, -0.05) is 39.8 Å². The van der Waals surface area contributed by atoms with Crippen LogP contribution in [0.25, 0.3) is 0 Å². The first-order valence-corrected chi connectivity index (χ1v) is 5.20. The van der Waals surface area contributed by atoms with Gasteiger partial charge in [0.25, 0.3) is 0 Å². The maximum absolute atomic E-state index is 9.30. The Kier molecular flexibility index (Phi) is 58.3. The van der Waals surface area contributed by atoms with Crippen LogP contribution in [0.15, 0.2) is 25.3 Å². The van der Waals surface area contributed by atoms with Gasteiger partial charge in [0.1, 0.15) is 0 Å². The zero-order chi connectivity index (χ0) is 15.4. The molecule has 0 aliphatic carbocycles. The van der Waals surface area contributed by atoms with Crippen LogP contribution in [0.2, 0.25) is 0 Å². The summed E-state index contributed by atoms with van der Waals surface area (Å²) in [5.41, 5.74) is 0. The maximum Gasteiger partial charge on any atom is 4.00 e. The molecule has 0 unspecified atom stereocenters. The van der Waals surface area contributed by atoms with Gasteiger partial charge in [-0.05, 0) is 12.2 Å². The summed E-state index contributed by atoms with van der Waals surface area (Å²) < 4.78 is 0. The smallest absolute Gasteiger partial charge is 0.854 e. The molecule has 0 rings (SSSR count). The van der Waals surface area contributed by atoms with Crippen molar-refractivity contribution in [3.63, 3.8) is 0 Å². The molecule has 0 amide bonds. The Bertz CT molecular complexity index is 180. The summed E-state index contributed by atoms with van der Waals surface area (Å²) in [5.74, 6) is -2.46. The van der Waals surface area contributed by atoms with Gasteiger partial charge in [0.2, 0.25) is 0 Å². The molecule has 0 bridgehead atoms. The summed E-state index contributed by atoms with van der Waals surface area (Å²) >= 11 is 0. The first kappa shape index (κ1) is 30.8. The summed E-state index contributed by atoms with van der Waals surface area (Å²) in [5, 5.41) is 36.9. The van der Waals surface area contributed by atoms with Crippen LogP contribution in [0.5, 0.6) is 0 Å². The second kappa shape index (κ2) is 36.0. The molecule has 0 fully saturated rings. The van der Waals surface area contributed by atoms with E-state index in [9.17, 15) is 10.2 Å². The van der Waals surface area contributed by atoms with Crippen LogP contribution >= 0.6 is 0 Å². The predicted molar refractivity (Wildman–Crippen MR) is 60.7 cm³/mol. The molecule has 0 aliphatic heterocycles. The molecule has 0 saturated heterocycles. The average Bonchev–Trinajstić information content (AvgIpc) is 2.39. The molecule has 0 radical (unpaired) electrons. The fourth-order valence-electron chi connectivity index (χ4n) is 0. The molecule has 0 aromatic heterocycles.